The van der Waals surface area contributed by atoms with Crippen LogP contribution in [0.15, 0.2) is 78.4 Å². The first-order chi connectivity index (χ1) is 15.1. The lowest BCUT2D eigenvalue weighted by atomic mass is 9.84. The van der Waals surface area contributed by atoms with E-state index in [-0.39, 0.29) is 0 Å². The summed E-state index contributed by atoms with van der Waals surface area (Å²) in [4.78, 5) is 0. The highest BCUT2D eigenvalue weighted by Gasteiger charge is 2.42. The summed E-state index contributed by atoms with van der Waals surface area (Å²) < 4.78 is 0. The zero-order valence-corrected chi connectivity index (χ0v) is 19.2. The number of benzene rings is 4. The van der Waals surface area contributed by atoms with Crippen molar-refractivity contribution in [3.8, 4) is 33.4 Å². The van der Waals surface area contributed by atoms with Crippen molar-refractivity contribution in [2.45, 2.75) is 20.8 Å². The van der Waals surface area contributed by atoms with Crippen LogP contribution in [0.1, 0.15) is 29.2 Å². The van der Waals surface area contributed by atoms with Crippen LogP contribution in [-0.2, 0) is 0 Å². The van der Waals surface area contributed by atoms with Gasteiger partial charge in [-0.05, 0) is 98.0 Å². The van der Waals surface area contributed by atoms with Crippen LogP contribution in [0.2, 0.25) is 0 Å². The Morgan fingerprint density at radius 1 is 0.613 bits per heavy atom. The smallest absolute Gasteiger partial charge is 0.0645 e. The van der Waals surface area contributed by atoms with Crippen LogP contribution in [-0.4, -0.2) is 8.80 Å². The van der Waals surface area contributed by atoms with E-state index in [0.29, 0.717) is 0 Å². The van der Waals surface area contributed by atoms with Crippen LogP contribution < -0.4 is 10.4 Å². The van der Waals surface area contributed by atoms with Crippen LogP contribution in [0.25, 0.3) is 38.6 Å². The lowest BCUT2D eigenvalue weighted by Gasteiger charge is -2.28. The maximum atomic E-state index is 2.46. The topological polar surface area (TPSA) is 0 Å². The van der Waals surface area contributed by atoms with Crippen LogP contribution >= 0.6 is 0 Å². The van der Waals surface area contributed by atoms with E-state index in [1.807, 2.05) is 0 Å². The number of hydrogen-bond acceptors (Lipinski definition) is 0. The number of aryl methyl sites for hydroxylation is 1. The zero-order valence-electron chi connectivity index (χ0n) is 18.1. The molecule has 1 unspecified atom stereocenters. The Balaban J connectivity index is 1.69. The van der Waals surface area contributed by atoms with Crippen molar-refractivity contribution >= 4 is 24.4 Å². The van der Waals surface area contributed by atoms with Gasteiger partial charge in [0.2, 0.25) is 0 Å². The molecule has 0 saturated carbocycles. The molecule has 1 heteroatoms. The molecule has 0 amide bonds. The molecule has 0 spiro atoms. The van der Waals surface area contributed by atoms with E-state index < -0.39 is 8.80 Å². The third-order valence-corrected chi connectivity index (χ3v) is 11.3. The molecule has 3 heterocycles. The molecule has 31 heavy (non-hydrogen) atoms. The second-order valence-corrected chi connectivity index (χ2v) is 11.9. The fourth-order valence-electron chi connectivity index (χ4n) is 6.35. The summed E-state index contributed by atoms with van der Waals surface area (Å²) >= 11 is 0. The molecule has 1 aliphatic carbocycles. The van der Waals surface area contributed by atoms with Gasteiger partial charge in [-0.1, -0.05) is 72.3 Å². The van der Waals surface area contributed by atoms with Gasteiger partial charge in [0.1, 0.15) is 8.80 Å². The number of allylic oxidation sites excluding steroid dienone is 1. The van der Waals surface area contributed by atoms with Gasteiger partial charge in [0.15, 0.2) is 0 Å². The molecule has 4 aromatic carbocycles. The van der Waals surface area contributed by atoms with Gasteiger partial charge in [0, 0.05) is 6.42 Å². The second-order valence-electron chi connectivity index (χ2n) is 9.23. The van der Waals surface area contributed by atoms with E-state index in [9.17, 15) is 0 Å². The van der Waals surface area contributed by atoms with Crippen molar-refractivity contribution in [2.24, 2.45) is 0 Å². The Morgan fingerprint density at radius 2 is 1.29 bits per heavy atom. The minimum absolute atomic E-state index is 1.36. The lowest BCUT2D eigenvalue weighted by Crippen LogP contribution is -2.41. The predicted octanol–water partition coefficient (Wildman–Crippen LogP) is 5.85. The summed E-state index contributed by atoms with van der Waals surface area (Å²) in [5.41, 5.74) is 15.8. The number of fused-ring (bicyclic) bond motifs is 3. The molecule has 4 bridgehead atoms. The van der Waals surface area contributed by atoms with Crippen LogP contribution in [0, 0.1) is 20.3 Å². The summed E-state index contributed by atoms with van der Waals surface area (Å²) in [6.07, 6.45) is 2.45. The fourth-order valence-corrected chi connectivity index (χ4v) is 10.4. The van der Waals surface area contributed by atoms with Crippen molar-refractivity contribution in [1.82, 2.24) is 0 Å². The van der Waals surface area contributed by atoms with Gasteiger partial charge < -0.3 is 0 Å². The van der Waals surface area contributed by atoms with Crippen molar-refractivity contribution < 1.29 is 0 Å². The molecule has 3 aliphatic heterocycles. The Morgan fingerprint density at radius 3 is 2.10 bits per heavy atom. The molecule has 1 atom stereocenters. The first kappa shape index (κ1) is 17.5. The Hall–Kier alpha value is -3.16. The Labute approximate surface area is 185 Å². The van der Waals surface area contributed by atoms with Gasteiger partial charge in [-0.15, -0.1) is 0 Å². The van der Waals surface area contributed by atoms with E-state index in [0.717, 1.165) is 0 Å². The third-order valence-electron chi connectivity index (χ3n) is 7.63. The van der Waals surface area contributed by atoms with Gasteiger partial charge in [-0.25, -0.2) is 0 Å². The highest BCUT2D eigenvalue weighted by molar-refractivity contribution is 7.04. The SMILES string of the molecule is CC1=C2c3c(cc(c(C)c3-c3ccccc3C)-c3cccc4c3[SiH]2c2ccccc2-4)[CH]1. The maximum absolute atomic E-state index is 2.46. The normalized spacial score (nSPS) is 16.9. The summed E-state index contributed by atoms with van der Waals surface area (Å²) in [6.45, 7) is 6.93. The molecule has 147 valence electrons. The van der Waals surface area contributed by atoms with Gasteiger partial charge in [-0.3, -0.25) is 0 Å². The maximum Gasteiger partial charge on any atom is 0.136 e. The number of hydrogen-bond donors (Lipinski definition) is 0. The molecule has 0 saturated heterocycles. The van der Waals surface area contributed by atoms with Crippen LogP contribution in [0.4, 0.5) is 0 Å². The second kappa shape index (κ2) is 5.96. The fraction of sp³-hybridized carbons (Fsp3) is 0.100. The van der Waals surface area contributed by atoms with Gasteiger partial charge in [0.25, 0.3) is 0 Å². The largest absolute Gasteiger partial charge is 0.136 e. The number of rotatable bonds is 1. The van der Waals surface area contributed by atoms with E-state index >= 15 is 0 Å². The van der Waals surface area contributed by atoms with Crippen LogP contribution in [0.5, 0.6) is 0 Å². The highest BCUT2D eigenvalue weighted by Crippen LogP contribution is 2.50. The predicted molar refractivity (Wildman–Crippen MR) is 135 cm³/mol. The van der Waals surface area contributed by atoms with Crippen molar-refractivity contribution in [1.29, 1.82) is 0 Å². The molecule has 0 fully saturated rings. The van der Waals surface area contributed by atoms with Crippen LogP contribution in [0.3, 0.4) is 0 Å². The van der Waals surface area contributed by atoms with E-state index in [1.165, 1.54) is 61.2 Å². The molecule has 4 aliphatic rings. The minimum atomic E-state index is -1.55. The summed E-state index contributed by atoms with van der Waals surface area (Å²) in [5.74, 6) is 0. The lowest BCUT2D eigenvalue weighted by molar-refractivity contribution is 1.37. The third kappa shape index (κ3) is 2.10. The Bertz CT molecular complexity index is 1480. The molecule has 1 radical (unpaired) electrons. The van der Waals surface area contributed by atoms with E-state index in [2.05, 4.69) is 100.0 Å². The van der Waals surface area contributed by atoms with E-state index in [4.69, 9.17) is 0 Å². The molecular formula is C30H23Si. The van der Waals surface area contributed by atoms with E-state index in [1.54, 1.807) is 15.6 Å². The van der Waals surface area contributed by atoms with Gasteiger partial charge in [0.05, 0.1) is 0 Å². The van der Waals surface area contributed by atoms with Crippen molar-refractivity contribution in [3.63, 3.8) is 0 Å². The molecule has 0 nitrogen and oxygen atoms in total. The quantitative estimate of drug-likeness (QED) is 0.345. The highest BCUT2D eigenvalue weighted by atomic mass is 28.3. The van der Waals surface area contributed by atoms with Crippen molar-refractivity contribution in [3.05, 3.63) is 107 Å². The minimum Gasteiger partial charge on any atom is -0.0645 e. The first-order valence-corrected chi connectivity index (χ1v) is 12.9. The molecule has 8 rings (SSSR count). The standard InChI is InChI=1S/C30H23Si/c1-17-9-4-5-10-21(17)27-19(3)25-16-20-15-18(2)29(28(20)27)31-26-14-7-6-11-22(26)23-12-8-13-24(25)30(23)31/h4-16,31H,1-3H3. The van der Waals surface area contributed by atoms with Crippen molar-refractivity contribution in [2.75, 3.05) is 0 Å². The molecular weight excluding hydrogens is 388 g/mol. The average Bonchev–Trinajstić information content (AvgIpc) is 3.28. The first-order valence-electron chi connectivity index (χ1n) is 11.2. The Kier molecular flexibility index (Phi) is 3.37. The summed E-state index contributed by atoms with van der Waals surface area (Å²) in [6, 6.07) is 27.6. The molecule has 0 aromatic heterocycles. The molecule has 0 N–H and O–H groups in total. The molecule has 4 aromatic rings. The summed E-state index contributed by atoms with van der Waals surface area (Å²) in [7, 11) is -1.55. The van der Waals surface area contributed by atoms with Gasteiger partial charge >= 0.3 is 0 Å². The van der Waals surface area contributed by atoms with Gasteiger partial charge in [-0.2, -0.15) is 0 Å². The summed E-state index contributed by atoms with van der Waals surface area (Å²) in [5, 5.41) is 4.87. The zero-order chi connectivity index (χ0) is 20.9. The monoisotopic (exact) mass is 411 g/mol. The average molecular weight is 412 g/mol.